The smallest absolute Gasteiger partial charge is 0.229 e. The van der Waals surface area contributed by atoms with E-state index in [1.807, 2.05) is 18.2 Å². The molecule has 1 unspecified atom stereocenters. The van der Waals surface area contributed by atoms with Crippen molar-refractivity contribution in [3.63, 3.8) is 0 Å². The average Bonchev–Trinajstić information content (AvgIpc) is 3.53. The molecule has 0 radical (unpaired) electrons. The Labute approximate surface area is 223 Å². The maximum absolute atomic E-state index is 11.4. The Morgan fingerprint density at radius 3 is 2.34 bits per heavy atom. The first-order valence-electron chi connectivity index (χ1n) is 13.1. The van der Waals surface area contributed by atoms with Crippen LogP contribution in [0.1, 0.15) is 37.4 Å². The van der Waals surface area contributed by atoms with Gasteiger partial charge in [-0.05, 0) is 60.7 Å². The van der Waals surface area contributed by atoms with Crippen LogP contribution in [0.2, 0.25) is 0 Å². The number of sulfonamides is 1. The summed E-state index contributed by atoms with van der Waals surface area (Å²) in [7, 11) is -3.37. The number of aromatic nitrogens is 1. The van der Waals surface area contributed by atoms with Crippen molar-refractivity contribution in [3.8, 4) is 11.5 Å². The Hall–Kier alpha value is -3.27. The van der Waals surface area contributed by atoms with Crippen molar-refractivity contribution < 1.29 is 23.0 Å². The van der Waals surface area contributed by atoms with Gasteiger partial charge in [-0.1, -0.05) is 25.0 Å². The van der Waals surface area contributed by atoms with Crippen molar-refractivity contribution in [2.75, 3.05) is 37.3 Å². The molecule has 1 fully saturated rings. The fourth-order valence-corrected chi connectivity index (χ4v) is 5.62. The SMILES string of the molecule is CS(=O)(=O)Nc1cccc(C(O)CNCCOc2ccc3c(c2)[nH]c2cc(OCC4CCCC4)ccc23)c1. The summed E-state index contributed by atoms with van der Waals surface area (Å²) < 4.78 is 37.3. The van der Waals surface area contributed by atoms with Gasteiger partial charge in [0.25, 0.3) is 0 Å². The zero-order chi connectivity index (χ0) is 26.5. The highest BCUT2D eigenvalue weighted by Gasteiger charge is 2.16. The predicted molar refractivity (Wildman–Crippen MR) is 151 cm³/mol. The Kier molecular flexibility index (Phi) is 8.06. The minimum atomic E-state index is -3.37. The average molecular weight is 538 g/mol. The summed E-state index contributed by atoms with van der Waals surface area (Å²) in [5, 5.41) is 15.9. The zero-order valence-electron chi connectivity index (χ0n) is 21.6. The predicted octanol–water partition coefficient (Wildman–Crippen LogP) is 4.96. The van der Waals surface area contributed by atoms with E-state index in [-0.39, 0.29) is 0 Å². The molecule has 1 aromatic heterocycles. The number of fused-ring (bicyclic) bond motifs is 3. The number of hydrogen-bond acceptors (Lipinski definition) is 6. The molecule has 38 heavy (non-hydrogen) atoms. The van der Waals surface area contributed by atoms with Crippen molar-refractivity contribution in [2.24, 2.45) is 5.92 Å². The molecule has 202 valence electrons. The van der Waals surface area contributed by atoms with E-state index in [0.29, 0.717) is 36.9 Å². The summed E-state index contributed by atoms with van der Waals surface area (Å²) in [6, 6.07) is 19.0. The molecule has 1 heterocycles. The topological polar surface area (TPSA) is 113 Å². The van der Waals surface area contributed by atoms with Crippen molar-refractivity contribution in [1.29, 1.82) is 0 Å². The number of ether oxygens (including phenoxy) is 2. The lowest BCUT2D eigenvalue weighted by atomic mass is 10.1. The van der Waals surface area contributed by atoms with Gasteiger partial charge in [-0.2, -0.15) is 0 Å². The quantitative estimate of drug-likeness (QED) is 0.190. The van der Waals surface area contributed by atoms with Crippen LogP contribution < -0.4 is 19.5 Å². The Morgan fingerprint density at radius 2 is 1.66 bits per heavy atom. The molecule has 4 N–H and O–H groups in total. The number of rotatable bonds is 12. The monoisotopic (exact) mass is 537 g/mol. The molecular formula is C29H35N3O5S. The molecule has 0 saturated heterocycles. The van der Waals surface area contributed by atoms with Gasteiger partial charge in [0.05, 0.1) is 30.0 Å². The first kappa shape index (κ1) is 26.3. The lowest BCUT2D eigenvalue weighted by Crippen LogP contribution is -2.26. The molecule has 1 aliphatic carbocycles. The molecule has 1 atom stereocenters. The summed E-state index contributed by atoms with van der Waals surface area (Å²) >= 11 is 0. The van der Waals surface area contributed by atoms with Crippen molar-refractivity contribution in [1.82, 2.24) is 10.3 Å². The summed E-state index contributed by atoms with van der Waals surface area (Å²) in [4.78, 5) is 3.49. The highest BCUT2D eigenvalue weighted by atomic mass is 32.2. The van der Waals surface area contributed by atoms with Gasteiger partial charge in [0, 0.05) is 41.7 Å². The molecule has 1 aliphatic rings. The molecule has 3 aromatic carbocycles. The highest BCUT2D eigenvalue weighted by Crippen LogP contribution is 2.31. The van der Waals surface area contributed by atoms with E-state index < -0.39 is 16.1 Å². The van der Waals surface area contributed by atoms with Crippen molar-refractivity contribution >= 4 is 37.5 Å². The van der Waals surface area contributed by atoms with Crippen LogP contribution in [-0.2, 0) is 10.0 Å². The lowest BCUT2D eigenvalue weighted by Gasteiger charge is -2.14. The Balaban J connectivity index is 1.12. The van der Waals surface area contributed by atoms with Gasteiger partial charge in [-0.25, -0.2) is 8.42 Å². The van der Waals surface area contributed by atoms with E-state index >= 15 is 0 Å². The van der Waals surface area contributed by atoms with E-state index in [2.05, 4.69) is 33.2 Å². The van der Waals surface area contributed by atoms with Gasteiger partial charge in [-0.15, -0.1) is 0 Å². The summed E-state index contributed by atoms with van der Waals surface area (Å²) in [5.41, 5.74) is 3.11. The van der Waals surface area contributed by atoms with E-state index in [0.717, 1.165) is 46.2 Å². The van der Waals surface area contributed by atoms with Crippen LogP contribution in [0.4, 0.5) is 5.69 Å². The van der Waals surface area contributed by atoms with Gasteiger partial charge in [-0.3, -0.25) is 4.72 Å². The fraction of sp³-hybridized carbons (Fsp3) is 0.379. The second kappa shape index (κ2) is 11.6. The maximum Gasteiger partial charge on any atom is 0.229 e. The van der Waals surface area contributed by atoms with Crippen LogP contribution >= 0.6 is 0 Å². The molecule has 8 nitrogen and oxygen atoms in total. The van der Waals surface area contributed by atoms with Gasteiger partial charge >= 0.3 is 0 Å². The normalized spacial score (nSPS) is 15.2. The summed E-state index contributed by atoms with van der Waals surface area (Å²) in [6.07, 6.45) is 5.50. The van der Waals surface area contributed by atoms with E-state index in [4.69, 9.17) is 9.47 Å². The molecule has 0 bridgehead atoms. The molecule has 0 spiro atoms. The minimum Gasteiger partial charge on any atom is -0.493 e. The van der Waals surface area contributed by atoms with Crippen molar-refractivity contribution in [2.45, 2.75) is 31.8 Å². The minimum absolute atomic E-state index is 0.317. The molecule has 5 rings (SSSR count). The third kappa shape index (κ3) is 6.78. The molecular weight excluding hydrogens is 502 g/mol. The number of hydrogen-bond donors (Lipinski definition) is 4. The van der Waals surface area contributed by atoms with Gasteiger partial charge in [0.1, 0.15) is 18.1 Å². The highest BCUT2D eigenvalue weighted by molar-refractivity contribution is 7.92. The van der Waals surface area contributed by atoms with Gasteiger partial charge in [0.2, 0.25) is 10.0 Å². The van der Waals surface area contributed by atoms with Crippen LogP contribution in [0.5, 0.6) is 11.5 Å². The molecule has 0 aliphatic heterocycles. The van der Waals surface area contributed by atoms with Crippen LogP contribution in [0.25, 0.3) is 21.8 Å². The van der Waals surface area contributed by atoms with Crippen LogP contribution in [0, 0.1) is 5.92 Å². The Morgan fingerprint density at radius 1 is 0.974 bits per heavy atom. The third-order valence-corrected chi connectivity index (χ3v) is 7.57. The molecule has 9 heteroatoms. The Bertz CT molecular complexity index is 1490. The van der Waals surface area contributed by atoms with Crippen LogP contribution in [-0.4, -0.2) is 51.1 Å². The molecule has 1 saturated carbocycles. The largest absolute Gasteiger partial charge is 0.493 e. The van der Waals surface area contributed by atoms with E-state index in [1.165, 1.54) is 25.7 Å². The second-order valence-electron chi connectivity index (χ2n) is 10.1. The fourth-order valence-electron chi connectivity index (χ4n) is 5.06. The molecule has 0 amide bonds. The number of anilines is 1. The van der Waals surface area contributed by atoms with Gasteiger partial charge in [0.15, 0.2) is 0 Å². The van der Waals surface area contributed by atoms with Crippen LogP contribution in [0.15, 0.2) is 60.7 Å². The summed E-state index contributed by atoms with van der Waals surface area (Å²) in [5.74, 6) is 2.35. The third-order valence-electron chi connectivity index (χ3n) is 6.96. The number of benzene rings is 3. The van der Waals surface area contributed by atoms with E-state index in [1.54, 1.807) is 24.3 Å². The first-order valence-corrected chi connectivity index (χ1v) is 15.0. The van der Waals surface area contributed by atoms with Crippen LogP contribution in [0.3, 0.4) is 0 Å². The summed E-state index contributed by atoms with van der Waals surface area (Å²) in [6.45, 7) is 2.09. The number of nitrogens with one attached hydrogen (secondary N) is 3. The number of H-pyrrole nitrogens is 1. The standard InChI is InChI=1S/C29H35N3O5S/c1-38(34,35)32-22-8-4-7-21(15-22)29(33)18-30-13-14-36-23-9-11-25-26-12-10-24(17-28(26)31-27(25)16-23)37-19-20-5-2-3-6-20/h4,7-12,15-17,20,29-33H,2-3,5-6,13-14,18-19H2,1H3. The number of aliphatic hydroxyl groups excluding tert-OH is 1. The van der Waals surface area contributed by atoms with Crippen molar-refractivity contribution in [3.05, 3.63) is 66.2 Å². The lowest BCUT2D eigenvalue weighted by molar-refractivity contribution is 0.172. The van der Waals surface area contributed by atoms with Gasteiger partial charge < -0.3 is 24.9 Å². The van der Waals surface area contributed by atoms with E-state index in [9.17, 15) is 13.5 Å². The zero-order valence-corrected chi connectivity index (χ0v) is 22.4. The second-order valence-corrected chi connectivity index (χ2v) is 11.8. The number of aliphatic hydroxyl groups is 1. The maximum atomic E-state index is 11.4. The number of aromatic amines is 1. The molecule has 4 aromatic rings. The first-order chi connectivity index (χ1) is 18.3.